The number of nitrogens with one attached hydrogen (secondary N) is 1. The van der Waals surface area contributed by atoms with E-state index in [0.717, 1.165) is 19.7 Å². The summed E-state index contributed by atoms with van der Waals surface area (Å²) in [5.41, 5.74) is 1.25. The van der Waals surface area contributed by atoms with Crippen molar-refractivity contribution < 1.29 is 4.74 Å². The molecule has 1 fully saturated rings. The van der Waals surface area contributed by atoms with Crippen LogP contribution >= 0.6 is 12.4 Å². The van der Waals surface area contributed by atoms with Gasteiger partial charge >= 0.3 is 0 Å². The van der Waals surface area contributed by atoms with E-state index in [9.17, 15) is 0 Å². The maximum Gasteiger partial charge on any atom is 0.0828 e. The molecule has 3 heteroatoms. The standard InChI is InChI=1S/C10H13NO.ClH/c1-2-4-9(5-3-1)8-12-10-6-11-7-10;/h1-5,10-11H,6-8H2;1H. The van der Waals surface area contributed by atoms with Crippen molar-refractivity contribution in [3.8, 4) is 0 Å². The lowest BCUT2D eigenvalue weighted by Crippen LogP contribution is -2.48. The van der Waals surface area contributed by atoms with Gasteiger partial charge in [-0.15, -0.1) is 12.4 Å². The van der Waals surface area contributed by atoms with Crippen LogP contribution in [0.2, 0.25) is 0 Å². The highest BCUT2D eigenvalue weighted by Gasteiger charge is 2.16. The van der Waals surface area contributed by atoms with E-state index in [1.807, 2.05) is 18.2 Å². The van der Waals surface area contributed by atoms with E-state index in [2.05, 4.69) is 17.4 Å². The minimum atomic E-state index is 0. The van der Waals surface area contributed by atoms with Gasteiger partial charge in [0.2, 0.25) is 0 Å². The number of rotatable bonds is 3. The first-order chi connectivity index (χ1) is 5.95. The first kappa shape index (κ1) is 10.5. The number of benzene rings is 1. The second-order valence-electron chi connectivity index (χ2n) is 3.08. The van der Waals surface area contributed by atoms with Gasteiger partial charge in [0, 0.05) is 13.1 Å². The van der Waals surface area contributed by atoms with Gasteiger partial charge in [0.1, 0.15) is 0 Å². The van der Waals surface area contributed by atoms with Gasteiger partial charge in [-0.3, -0.25) is 0 Å². The summed E-state index contributed by atoms with van der Waals surface area (Å²) in [7, 11) is 0. The van der Waals surface area contributed by atoms with Crippen molar-refractivity contribution in [2.24, 2.45) is 0 Å². The van der Waals surface area contributed by atoms with Crippen LogP contribution in [0.1, 0.15) is 5.56 Å². The zero-order valence-electron chi connectivity index (χ0n) is 7.40. The molecule has 0 aliphatic carbocycles. The lowest BCUT2D eigenvalue weighted by atomic mass is 10.2. The Balaban J connectivity index is 0.000000845. The van der Waals surface area contributed by atoms with Crippen LogP contribution in [-0.2, 0) is 11.3 Å². The lowest BCUT2D eigenvalue weighted by Gasteiger charge is -2.27. The van der Waals surface area contributed by atoms with Crippen molar-refractivity contribution in [3.05, 3.63) is 35.9 Å². The van der Waals surface area contributed by atoms with Gasteiger partial charge in [0.25, 0.3) is 0 Å². The van der Waals surface area contributed by atoms with E-state index in [-0.39, 0.29) is 12.4 Å². The largest absolute Gasteiger partial charge is 0.371 e. The molecule has 0 radical (unpaired) electrons. The Morgan fingerprint density at radius 2 is 1.92 bits per heavy atom. The molecule has 2 rings (SSSR count). The van der Waals surface area contributed by atoms with Gasteiger partial charge < -0.3 is 10.1 Å². The molecule has 0 aromatic heterocycles. The van der Waals surface area contributed by atoms with E-state index in [1.54, 1.807) is 0 Å². The Hall–Kier alpha value is -0.570. The summed E-state index contributed by atoms with van der Waals surface area (Å²) in [4.78, 5) is 0. The fraction of sp³-hybridized carbons (Fsp3) is 0.400. The zero-order valence-corrected chi connectivity index (χ0v) is 8.22. The Bertz CT molecular complexity index is 236. The van der Waals surface area contributed by atoms with Crippen LogP contribution in [0.4, 0.5) is 0 Å². The molecule has 13 heavy (non-hydrogen) atoms. The predicted octanol–water partition coefficient (Wildman–Crippen LogP) is 1.60. The summed E-state index contributed by atoms with van der Waals surface area (Å²) in [5.74, 6) is 0. The SMILES string of the molecule is Cl.c1ccc(COC2CNC2)cc1. The van der Waals surface area contributed by atoms with E-state index in [1.165, 1.54) is 5.56 Å². The van der Waals surface area contributed by atoms with Gasteiger partial charge in [-0.25, -0.2) is 0 Å². The summed E-state index contributed by atoms with van der Waals surface area (Å²) in [5, 5.41) is 3.17. The van der Waals surface area contributed by atoms with Crippen LogP contribution in [0.3, 0.4) is 0 Å². The summed E-state index contributed by atoms with van der Waals surface area (Å²) >= 11 is 0. The van der Waals surface area contributed by atoms with Crippen LogP contribution in [0.5, 0.6) is 0 Å². The van der Waals surface area contributed by atoms with Crippen LogP contribution in [0.25, 0.3) is 0 Å². The van der Waals surface area contributed by atoms with E-state index in [4.69, 9.17) is 4.74 Å². The Morgan fingerprint density at radius 1 is 1.23 bits per heavy atom. The summed E-state index contributed by atoms with van der Waals surface area (Å²) in [6.07, 6.45) is 0.435. The Morgan fingerprint density at radius 3 is 2.46 bits per heavy atom. The molecular weight excluding hydrogens is 186 g/mol. The molecule has 1 heterocycles. The lowest BCUT2D eigenvalue weighted by molar-refractivity contribution is 0.00758. The second-order valence-corrected chi connectivity index (χ2v) is 3.08. The molecule has 1 aliphatic heterocycles. The molecule has 1 aliphatic rings. The number of ether oxygens (including phenoxy) is 1. The average Bonchev–Trinajstić information content (AvgIpc) is 2.04. The molecule has 0 atom stereocenters. The predicted molar refractivity (Wildman–Crippen MR) is 55.1 cm³/mol. The molecule has 0 amide bonds. The highest BCUT2D eigenvalue weighted by Crippen LogP contribution is 2.05. The van der Waals surface area contributed by atoms with Gasteiger partial charge in [-0.1, -0.05) is 30.3 Å². The molecule has 2 nitrogen and oxygen atoms in total. The summed E-state index contributed by atoms with van der Waals surface area (Å²) < 4.78 is 5.60. The summed E-state index contributed by atoms with van der Waals surface area (Å²) in [6.45, 7) is 2.76. The maximum absolute atomic E-state index is 5.60. The molecular formula is C10H14ClNO. The fourth-order valence-corrected chi connectivity index (χ4v) is 1.17. The smallest absolute Gasteiger partial charge is 0.0828 e. The van der Waals surface area contributed by atoms with Crippen LogP contribution in [-0.4, -0.2) is 19.2 Å². The van der Waals surface area contributed by atoms with Crippen molar-refractivity contribution >= 4 is 12.4 Å². The van der Waals surface area contributed by atoms with Crippen LogP contribution < -0.4 is 5.32 Å². The molecule has 0 bridgehead atoms. The Kier molecular flexibility index (Phi) is 4.22. The van der Waals surface area contributed by atoms with E-state index >= 15 is 0 Å². The van der Waals surface area contributed by atoms with Crippen molar-refractivity contribution in [2.75, 3.05) is 13.1 Å². The highest BCUT2D eigenvalue weighted by atomic mass is 35.5. The monoisotopic (exact) mass is 199 g/mol. The molecule has 1 saturated heterocycles. The first-order valence-corrected chi connectivity index (χ1v) is 4.31. The highest BCUT2D eigenvalue weighted by molar-refractivity contribution is 5.85. The molecule has 0 unspecified atom stereocenters. The zero-order chi connectivity index (χ0) is 8.23. The number of hydrogen-bond donors (Lipinski definition) is 1. The quantitative estimate of drug-likeness (QED) is 0.799. The maximum atomic E-state index is 5.60. The second kappa shape index (κ2) is 5.22. The van der Waals surface area contributed by atoms with Crippen molar-refractivity contribution in [3.63, 3.8) is 0 Å². The van der Waals surface area contributed by atoms with Gasteiger partial charge in [0.15, 0.2) is 0 Å². The topological polar surface area (TPSA) is 21.3 Å². The molecule has 0 saturated carbocycles. The number of hydrogen-bond acceptors (Lipinski definition) is 2. The molecule has 1 N–H and O–H groups in total. The molecule has 0 spiro atoms. The molecule has 72 valence electrons. The third-order valence-corrected chi connectivity index (χ3v) is 2.07. The molecule has 1 aromatic carbocycles. The third-order valence-electron chi connectivity index (χ3n) is 2.07. The van der Waals surface area contributed by atoms with Gasteiger partial charge in [-0.05, 0) is 5.56 Å². The Labute approximate surface area is 84.7 Å². The van der Waals surface area contributed by atoms with Crippen molar-refractivity contribution in [1.29, 1.82) is 0 Å². The number of halogens is 1. The average molecular weight is 200 g/mol. The van der Waals surface area contributed by atoms with Gasteiger partial charge in [-0.2, -0.15) is 0 Å². The van der Waals surface area contributed by atoms with E-state index < -0.39 is 0 Å². The van der Waals surface area contributed by atoms with Crippen LogP contribution in [0.15, 0.2) is 30.3 Å². The van der Waals surface area contributed by atoms with Gasteiger partial charge in [0.05, 0.1) is 12.7 Å². The minimum Gasteiger partial charge on any atom is -0.371 e. The fourth-order valence-electron chi connectivity index (χ4n) is 1.17. The molecule has 1 aromatic rings. The normalized spacial score (nSPS) is 16.0. The summed E-state index contributed by atoms with van der Waals surface area (Å²) in [6, 6.07) is 10.3. The van der Waals surface area contributed by atoms with E-state index in [0.29, 0.717) is 6.10 Å². The van der Waals surface area contributed by atoms with Crippen LogP contribution in [0, 0.1) is 0 Å². The minimum absolute atomic E-state index is 0. The van der Waals surface area contributed by atoms with Crippen molar-refractivity contribution in [2.45, 2.75) is 12.7 Å². The van der Waals surface area contributed by atoms with Crippen molar-refractivity contribution in [1.82, 2.24) is 5.32 Å². The third kappa shape index (κ3) is 2.99. The first-order valence-electron chi connectivity index (χ1n) is 4.31.